The zero-order valence-corrected chi connectivity index (χ0v) is 26.7. The van der Waals surface area contributed by atoms with Crippen LogP contribution in [0.1, 0.15) is 37.8 Å². The van der Waals surface area contributed by atoms with Crippen molar-refractivity contribution in [2.45, 2.75) is 52.0 Å². The number of rotatable bonds is 15. The van der Waals surface area contributed by atoms with Gasteiger partial charge in [-0.05, 0) is 60.2 Å². The van der Waals surface area contributed by atoms with Crippen LogP contribution < -0.4 is 37.4 Å². The van der Waals surface area contributed by atoms with E-state index < -0.39 is 41.6 Å². The quantitative estimate of drug-likeness (QED) is 0.0928. The molecule has 0 aliphatic heterocycles. The monoisotopic (exact) mass is 657 g/mol. The Morgan fingerprint density at radius 3 is 2.25 bits per heavy atom. The van der Waals surface area contributed by atoms with E-state index in [4.69, 9.17) is 19.6 Å². The first-order valence-corrected chi connectivity index (χ1v) is 15.4. The fourth-order valence-corrected chi connectivity index (χ4v) is 4.69. The molecular weight excluding hydrogens is 618 g/mol. The first kappa shape index (κ1) is 35.0. The standard InChI is InChI=1S/C35H39N5O8/c1-22(2)31(40-35(45)47-21-23-7-4-3-5-8-23)33(43)39-28(9-6-18-37-34(36)44)32(42)38-26-14-10-24(11-15-26)20-46-27-16-12-25-13-17-30(41)48-29(25)19-27/h3-5,7-8,10-17,19,22,28,31H,6,9,18,20-21H2,1-2H3,(H,38,42)(H,39,43)(H,40,45)(H3,36,37,44). The van der Waals surface area contributed by atoms with Crippen LogP contribution in [-0.4, -0.2) is 42.6 Å². The molecule has 2 unspecified atom stereocenters. The van der Waals surface area contributed by atoms with Crippen LogP contribution in [-0.2, 0) is 27.5 Å². The van der Waals surface area contributed by atoms with Gasteiger partial charge in [-0.3, -0.25) is 9.59 Å². The molecule has 0 spiro atoms. The van der Waals surface area contributed by atoms with Crippen molar-refractivity contribution >= 4 is 40.6 Å². The lowest BCUT2D eigenvalue weighted by atomic mass is 10.0. The molecule has 0 aliphatic rings. The summed E-state index contributed by atoms with van der Waals surface area (Å²) in [6.07, 6.45) is -0.247. The third-order valence-corrected chi connectivity index (χ3v) is 7.26. The van der Waals surface area contributed by atoms with Gasteiger partial charge in [0, 0.05) is 29.8 Å². The molecule has 0 radical (unpaired) electrons. The van der Waals surface area contributed by atoms with E-state index in [0.717, 1.165) is 16.5 Å². The molecule has 48 heavy (non-hydrogen) atoms. The molecule has 5 amide bonds. The van der Waals surface area contributed by atoms with Gasteiger partial charge in [-0.15, -0.1) is 0 Å². The molecule has 0 saturated heterocycles. The number of ether oxygens (including phenoxy) is 2. The first-order valence-electron chi connectivity index (χ1n) is 15.4. The van der Waals surface area contributed by atoms with E-state index in [0.29, 0.717) is 23.4 Å². The van der Waals surface area contributed by atoms with E-state index in [1.807, 2.05) is 30.3 Å². The molecule has 252 valence electrons. The predicted molar refractivity (Wildman–Crippen MR) is 179 cm³/mol. The van der Waals surface area contributed by atoms with Crippen LogP contribution in [0, 0.1) is 5.92 Å². The fourth-order valence-electron chi connectivity index (χ4n) is 4.69. The van der Waals surface area contributed by atoms with Crippen LogP contribution in [0.5, 0.6) is 5.75 Å². The lowest BCUT2D eigenvalue weighted by Gasteiger charge is -2.25. The number of fused-ring (bicyclic) bond motifs is 1. The highest BCUT2D eigenvalue weighted by Crippen LogP contribution is 2.21. The van der Waals surface area contributed by atoms with E-state index in [1.54, 1.807) is 62.4 Å². The zero-order valence-electron chi connectivity index (χ0n) is 26.7. The average Bonchev–Trinajstić information content (AvgIpc) is 3.07. The van der Waals surface area contributed by atoms with Gasteiger partial charge >= 0.3 is 17.7 Å². The molecule has 13 heteroatoms. The summed E-state index contributed by atoms with van der Waals surface area (Å²) in [5, 5.41) is 11.4. The second kappa shape index (κ2) is 17.2. The minimum atomic E-state index is -0.994. The fraction of sp³-hybridized carbons (Fsp3) is 0.286. The molecule has 0 fully saturated rings. The van der Waals surface area contributed by atoms with Gasteiger partial charge in [0.25, 0.3) is 0 Å². The number of benzene rings is 3. The number of anilines is 1. The van der Waals surface area contributed by atoms with Gasteiger partial charge < -0.3 is 40.9 Å². The number of nitrogens with two attached hydrogens (primary N) is 1. The third-order valence-electron chi connectivity index (χ3n) is 7.26. The first-order chi connectivity index (χ1) is 23.1. The van der Waals surface area contributed by atoms with Gasteiger partial charge in [0.1, 0.15) is 36.6 Å². The minimum Gasteiger partial charge on any atom is -0.489 e. The largest absolute Gasteiger partial charge is 0.489 e. The van der Waals surface area contributed by atoms with Crippen molar-refractivity contribution in [3.8, 4) is 5.75 Å². The van der Waals surface area contributed by atoms with Gasteiger partial charge in [0.2, 0.25) is 11.8 Å². The van der Waals surface area contributed by atoms with Crippen molar-refractivity contribution in [3.05, 3.63) is 106 Å². The average molecular weight is 658 g/mol. The third kappa shape index (κ3) is 10.9. The summed E-state index contributed by atoms with van der Waals surface area (Å²) in [6.45, 7) is 3.97. The smallest absolute Gasteiger partial charge is 0.408 e. The molecule has 3 aromatic carbocycles. The SMILES string of the molecule is CC(C)C(NC(=O)OCc1ccccc1)C(=O)NC(CCCNC(N)=O)C(=O)Nc1ccc(COc2ccc3ccc(=O)oc3c2)cc1. The molecule has 2 atom stereocenters. The Morgan fingerprint density at radius 2 is 1.54 bits per heavy atom. The second-order valence-corrected chi connectivity index (χ2v) is 11.4. The summed E-state index contributed by atoms with van der Waals surface area (Å²) < 4.78 is 16.3. The number of hydrogen-bond donors (Lipinski definition) is 5. The highest BCUT2D eigenvalue weighted by Gasteiger charge is 2.29. The van der Waals surface area contributed by atoms with Crippen LogP contribution in [0.2, 0.25) is 0 Å². The lowest BCUT2D eigenvalue weighted by molar-refractivity contribution is -0.128. The molecule has 0 bridgehead atoms. The van der Waals surface area contributed by atoms with Gasteiger partial charge in [0.05, 0.1) is 0 Å². The number of alkyl carbamates (subject to hydrolysis) is 1. The van der Waals surface area contributed by atoms with Crippen LogP contribution >= 0.6 is 0 Å². The predicted octanol–water partition coefficient (Wildman–Crippen LogP) is 4.19. The number of amides is 5. The van der Waals surface area contributed by atoms with Crippen molar-refractivity contribution in [2.75, 3.05) is 11.9 Å². The molecule has 0 saturated carbocycles. The lowest BCUT2D eigenvalue weighted by Crippen LogP contribution is -2.54. The molecule has 1 heterocycles. The van der Waals surface area contributed by atoms with Crippen LogP contribution in [0.25, 0.3) is 11.0 Å². The molecule has 13 nitrogen and oxygen atoms in total. The topological polar surface area (TPSA) is 191 Å². The summed E-state index contributed by atoms with van der Waals surface area (Å²) >= 11 is 0. The number of carbonyl (C=O) groups is 4. The maximum Gasteiger partial charge on any atom is 0.408 e. The van der Waals surface area contributed by atoms with Crippen LogP contribution in [0.3, 0.4) is 0 Å². The maximum atomic E-state index is 13.4. The Labute approximate surface area is 277 Å². The van der Waals surface area contributed by atoms with Crippen LogP contribution in [0.4, 0.5) is 15.3 Å². The maximum absolute atomic E-state index is 13.4. The summed E-state index contributed by atoms with van der Waals surface area (Å²) in [5.74, 6) is -0.849. The summed E-state index contributed by atoms with van der Waals surface area (Å²) in [6, 6.07) is 21.6. The Morgan fingerprint density at radius 1 is 0.833 bits per heavy atom. The Kier molecular flexibility index (Phi) is 12.5. The molecule has 6 N–H and O–H groups in total. The number of primary amides is 1. The van der Waals surface area contributed by atoms with E-state index in [2.05, 4.69) is 21.3 Å². The molecular formula is C35H39N5O8. The van der Waals surface area contributed by atoms with E-state index >= 15 is 0 Å². The van der Waals surface area contributed by atoms with E-state index in [1.165, 1.54) is 6.07 Å². The summed E-state index contributed by atoms with van der Waals surface area (Å²) in [5.41, 5.74) is 7.21. The Bertz CT molecular complexity index is 1760. The minimum absolute atomic E-state index is 0.0326. The normalized spacial score (nSPS) is 12.1. The second-order valence-electron chi connectivity index (χ2n) is 11.4. The summed E-state index contributed by atoms with van der Waals surface area (Å²) in [4.78, 5) is 61.9. The summed E-state index contributed by atoms with van der Waals surface area (Å²) in [7, 11) is 0. The molecule has 1 aromatic heterocycles. The van der Waals surface area contributed by atoms with Gasteiger partial charge in [0.15, 0.2) is 0 Å². The van der Waals surface area contributed by atoms with Crippen molar-refractivity contribution in [1.82, 2.24) is 16.0 Å². The number of nitrogens with one attached hydrogen (secondary N) is 4. The zero-order chi connectivity index (χ0) is 34.5. The van der Waals surface area contributed by atoms with E-state index in [9.17, 15) is 24.0 Å². The molecule has 4 rings (SSSR count). The van der Waals surface area contributed by atoms with Crippen molar-refractivity contribution < 1.29 is 33.1 Å². The van der Waals surface area contributed by atoms with E-state index in [-0.39, 0.29) is 32.1 Å². The number of urea groups is 1. The molecule has 0 aliphatic carbocycles. The van der Waals surface area contributed by atoms with Crippen molar-refractivity contribution in [2.24, 2.45) is 11.7 Å². The van der Waals surface area contributed by atoms with Crippen molar-refractivity contribution in [3.63, 3.8) is 0 Å². The Hall–Kier alpha value is -5.85. The number of carbonyl (C=O) groups excluding carboxylic acids is 4. The van der Waals surface area contributed by atoms with Gasteiger partial charge in [-0.25, -0.2) is 14.4 Å². The number of hydrogen-bond acceptors (Lipinski definition) is 8. The van der Waals surface area contributed by atoms with Crippen LogP contribution in [0.15, 0.2) is 94.1 Å². The highest BCUT2D eigenvalue weighted by molar-refractivity contribution is 5.98. The van der Waals surface area contributed by atoms with Gasteiger partial charge in [-0.1, -0.05) is 56.3 Å². The molecule has 4 aromatic rings. The highest BCUT2D eigenvalue weighted by atomic mass is 16.5. The van der Waals surface area contributed by atoms with Gasteiger partial charge in [-0.2, -0.15) is 0 Å². The Balaban J connectivity index is 1.35. The van der Waals surface area contributed by atoms with Crippen molar-refractivity contribution in [1.29, 1.82) is 0 Å².